The van der Waals surface area contributed by atoms with E-state index in [1.807, 2.05) is 66.9 Å². The van der Waals surface area contributed by atoms with E-state index in [0.29, 0.717) is 0 Å². The highest BCUT2D eigenvalue weighted by molar-refractivity contribution is 7.80. The van der Waals surface area contributed by atoms with Crippen LogP contribution in [0.15, 0.2) is 96.3 Å². The Morgan fingerprint density at radius 2 is 1.39 bits per heavy atom. The summed E-state index contributed by atoms with van der Waals surface area (Å²) in [5.74, 6) is 0. The maximum absolute atomic E-state index is 4.41. The third kappa shape index (κ3) is 3.96. The van der Waals surface area contributed by atoms with Crippen molar-refractivity contribution in [2.45, 2.75) is 4.90 Å². The van der Waals surface area contributed by atoms with E-state index in [-0.39, 0.29) is 0 Å². The molecule has 0 saturated heterocycles. The second-order valence-electron chi connectivity index (χ2n) is 4.96. The van der Waals surface area contributed by atoms with Crippen LogP contribution in [0.3, 0.4) is 0 Å². The molecule has 0 saturated carbocycles. The summed E-state index contributed by atoms with van der Waals surface area (Å²) in [7, 11) is 0. The molecule has 23 heavy (non-hydrogen) atoms. The van der Waals surface area contributed by atoms with Crippen LogP contribution in [-0.4, -0.2) is 9.97 Å². The van der Waals surface area contributed by atoms with Gasteiger partial charge in [-0.15, -0.1) is 12.6 Å². The Hall–Kier alpha value is -2.65. The Balaban J connectivity index is 0.000000140. The van der Waals surface area contributed by atoms with E-state index in [1.165, 1.54) is 11.1 Å². The van der Waals surface area contributed by atoms with Gasteiger partial charge in [-0.1, -0.05) is 66.7 Å². The molecule has 4 rings (SSSR count). The van der Waals surface area contributed by atoms with Gasteiger partial charge >= 0.3 is 0 Å². The van der Waals surface area contributed by atoms with Gasteiger partial charge in [0.1, 0.15) is 6.33 Å². The number of hydrogen-bond donors (Lipinski definition) is 1. The van der Waals surface area contributed by atoms with E-state index in [0.717, 1.165) is 15.8 Å². The molecule has 3 heteroatoms. The quantitative estimate of drug-likeness (QED) is 0.484. The Morgan fingerprint density at radius 1 is 0.696 bits per heavy atom. The highest BCUT2D eigenvalue weighted by atomic mass is 32.1. The fourth-order valence-corrected chi connectivity index (χ4v) is 2.55. The predicted octanol–water partition coefficient (Wildman–Crippen LogP) is 5.27. The van der Waals surface area contributed by atoms with Gasteiger partial charge in [0.05, 0.1) is 5.52 Å². The topological polar surface area (TPSA) is 25.8 Å². The average molecular weight is 316 g/mol. The molecule has 0 fully saturated rings. The zero-order chi connectivity index (χ0) is 15.9. The van der Waals surface area contributed by atoms with E-state index >= 15 is 0 Å². The number of nitrogens with zero attached hydrogens (tertiary/aromatic N) is 2. The van der Waals surface area contributed by atoms with Gasteiger partial charge in [0, 0.05) is 16.5 Å². The highest BCUT2D eigenvalue weighted by Crippen LogP contribution is 2.25. The predicted molar refractivity (Wildman–Crippen MR) is 98.7 cm³/mol. The number of thiol groups is 1. The number of benzene rings is 3. The first-order chi connectivity index (χ1) is 11.3. The molecular formula is C20H16N2S. The molecule has 4 aromatic rings. The van der Waals surface area contributed by atoms with Gasteiger partial charge in [-0.3, -0.25) is 0 Å². The zero-order valence-electron chi connectivity index (χ0n) is 12.5. The van der Waals surface area contributed by atoms with Gasteiger partial charge in [-0.25, -0.2) is 9.97 Å². The molecule has 0 amide bonds. The molecule has 0 aliphatic rings. The van der Waals surface area contributed by atoms with Crippen molar-refractivity contribution in [2.75, 3.05) is 0 Å². The standard InChI is InChI=1S/C12H10S.C8H6N2/c13-12-9-5-4-8-11(12)10-6-2-1-3-7-10;1-2-4-8-7(3-1)5-9-6-10-8/h1-9,13H;1-6H. The Morgan fingerprint density at radius 3 is 2.17 bits per heavy atom. The van der Waals surface area contributed by atoms with Crippen LogP contribution in [-0.2, 0) is 0 Å². The van der Waals surface area contributed by atoms with Gasteiger partial charge in [0.25, 0.3) is 0 Å². The van der Waals surface area contributed by atoms with Crippen molar-refractivity contribution in [1.29, 1.82) is 0 Å². The molecule has 0 unspecified atom stereocenters. The lowest BCUT2D eigenvalue weighted by Crippen LogP contribution is -1.77. The molecule has 0 aliphatic carbocycles. The first kappa shape index (κ1) is 15.3. The molecule has 0 spiro atoms. The third-order valence-electron chi connectivity index (χ3n) is 3.40. The largest absolute Gasteiger partial charge is 0.244 e. The molecule has 0 N–H and O–H groups in total. The summed E-state index contributed by atoms with van der Waals surface area (Å²) in [6, 6.07) is 26.3. The van der Waals surface area contributed by atoms with Crippen molar-refractivity contribution < 1.29 is 0 Å². The summed E-state index contributed by atoms with van der Waals surface area (Å²) in [5.41, 5.74) is 3.40. The van der Waals surface area contributed by atoms with Crippen molar-refractivity contribution in [3.05, 3.63) is 91.4 Å². The SMILES string of the molecule is Sc1ccccc1-c1ccccc1.c1ccc2ncncc2c1. The Kier molecular flexibility index (Phi) is 5.02. The molecule has 1 aromatic heterocycles. The Labute approximate surface area is 141 Å². The van der Waals surface area contributed by atoms with Gasteiger partial charge in [-0.2, -0.15) is 0 Å². The van der Waals surface area contributed by atoms with E-state index in [1.54, 1.807) is 6.33 Å². The summed E-state index contributed by atoms with van der Waals surface area (Å²) in [6.07, 6.45) is 3.37. The van der Waals surface area contributed by atoms with Gasteiger partial charge < -0.3 is 0 Å². The van der Waals surface area contributed by atoms with E-state index in [4.69, 9.17) is 0 Å². The van der Waals surface area contributed by atoms with Crippen LogP contribution in [0, 0.1) is 0 Å². The lowest BCUT2D eigenvalue weighted by molar-refractivity contribution is 1.22. The summed E-state index contributed by atoms with van der Waals surface area (Å²) in [6.45, 7) is 0. The third-order valence-corrected chi connectivity index (χ3v) is 3.79. The number of rotatable bonds is 1. The highest BCUT2D eigenvalue weighted by Gasteiger charge is 1.98. The minimum Gasteiger partial charge on any atom is -0.244 e. The molecule has 112 valence electrons. The normalized spacial score (nSPS) is 9.96. The van der Waals surface area contributed by atoms with Crippen molar-refractivity contribution in [3.8, 4) is 11.1 Å². The minimum atomic E-state index is 0.998. The van der Waals surface area contributed by atoms with Crippen LogP contribution >= 0.6 is 12.6 Å². The number of aromatic nitrogens is 2. The van der Waals surface area contributed by atoms with Crippen LogP contribution in [0.4, 0.5) is 0 Å². The number of para-hydroxylation sites is 1. The first-order valence-electron chi connectivity index (χ1n) is 7.33. The van der Waals surface area contributed by atoms with Gasteiger partial charge in [-0.05, 0) is 23.3 Å². The summed E-state index contributed by atoms with van der Waals surface area (Å²) >= 11 is 4.41. The number of hydrogen-bond acceptors (Lipinski definition) is 3. The van der Waals surface area contributed by atoms with Crippen molar-refractivity contribution >= 4 is 23.5 Å². The summed E-state index contributed by atoms with van der Waals surface area (Å²) in [4.78, 5) is 8.99. The first-order valence-corrected chi connectivity index (χ1v) is 7.77. The minimum absolute atomic E-state index is 0.998. The molecule has 3 aromatic carbocycles. The maximum atomic E-state index is 4.41. The summed E-state index contributed by atoms with van der Waals surface area (Å²) in [5, 5.41) is 1.09. The Bertz CT molecular complexity index is 826. The molecule has 0 bridgehead atoms. The van der Waals surface area contributed by atoms with Crippen molar-refractivity contribution in [1.82, 2.24) is 9.97 Å². The number of fused-ring (bicyclic) bond motifs is 1. The van der Waals surface area contributed by atoms with Crippen molar-refractivity contribution in [3.63, 3.8) is 0 Å². The second kappa shape index (κ2) is 7.56. The fourth-order valence-electron chi connectivity index (χ4n) is 2.26. The van der Waals surface area contributed by atoms with Crippen LogP contribution in [0.1, 0.15) is 0 Å². The smallest absolute Gasteiger partial charge is 0.116 e. The van der Waals surface area contributed by atoms with Crippen molar-refractivity contribution in [2.24, 2.45) is 0 Å². The molecule has 1 heterocycles. The maximum Gasteiger partial charge on any atom is 0.116 e. The molecular weight excluding hydrogens is 300 g/mol. The molecule has 0 radical (unpaired) electrons. The fraction of sp³-hybridized carbons (Fsp3) is 0. The summed E-state index contributed by atoms with van der Waals surface area (Å²) < 4.78 is 0. The van der Waals surface area contributed by atoms with Gasteiger partial charge in [0.15, 0.2) is 0 Å². The van der Waals surface area contributed by atoms with Crippen LogP contribution in [0.25, 0.3) is 22.0 Å². The molecule has 0 aliphatic heterocycles. The van der Waals surface area contributed by atoms with Gasteiger partial charge in [0.2, 0.25) is 0 Å². The average Bonchev–Trinajstić information content (AvgIpc) is 2.63. The zero-order valence-corrected chi connectivity index (χ0v) is 13.4. The molecule has 2 nitrogen and oxygen atoms in total. The molecule has 0 atom stereocenters. The lowest BCUT2D eigenvalue weighted by Gasteiger charge is -2.03. The second-order valence-corrected chi connectivity index (χ2v) is 5.45. The van der Waals surface area contributed by atoms with E-state index < -0.39 is 0 Å². The van der Waals surface area contributed by atoms with E-state index in [2.05, 4.69) is 40.8 Å². The lowest BCUT2D eigenvalue weighted by atomic mass is 10.1. The monoisotopic (exact) mass is 316 g/mol. The van der Waals surface area contributed by atoms with Crippen LogP contribution in [0.5, 0.6) is 0 Å². The van der Waals surface area contributed by atoms with E-state index in [9.17, 15) is 0 Å². The van der Waals surface area contributed by atoms with Crippen LogP contribution in [0.2, 0.25) is 0 Å². The van der Waals surface area contributed by atoms with Crippen LogP contribution < -0.4 is 0 Å².